The summed E-state index contributed by atoms with van der Waals surface area (Å²) < 4.78 is 0. The predicted molar refractivity (Wildman–Crippen MR) is 87.3 cm³/mol. The minimum atomic E-state index is 0.578. The summed E-state index contributed by atoms with van der Waals surface area (Å²) in [6, 6.07) is 17.8. The first-order valence-electron chi connectivity index (χ1n) is 6.93. The molecule has 0 aromatic heterocycles. The van der Waals surface area contributed by atoms with Gasteiger partial charge in [0.05, 0.1) is 11.3 Å². The minimum Gasteiger partial charge on any atom is -0.366 e. The van der Waals surface area contributed by atoms with Gasteiger partial charge in [0.1, 0.15) is 6.07 Å². The fraction of sp³-hybridized carbons (Fsp3) is 0.235. The van der Waals surface area contributed by atoms with Crippen LogP contribution in [0.5, 0.6) is 0 Å². The second-order valence-electron chi connectivity index (χ2n) is 4.82. The molecular weight excluding hydrogens is 282 g/mol. The Bertz CT molecular complexity index is 620. The second kappa shape index (κ2) is 7.68. The number of nitrogens with zero attached hydrogens (tertiary/aromatic N) is 2. The molecule has 0 fully saturated rings. The maximum absolute atomic E-state index is 9.32. The fourth-order valence-electron chi connectivity index (χ4n) is 2.24. The summed E-state index contributed by atoms with van der Waals surface area (Å²) in [5, 5.41) is 9.90. The number of anilines is 1. The average molecular weight is 300 g/mol. The van der Waals surface area contributed by atoms with E-state index in [1.807, 2.05) is 30.3 Å². The van der Waals surface area contributed by atoms with Crippen molar-refractivity contribution in [1.29, 1.82) is 5.26 Å². The van der Waals surface area contributed by atoms with Gasteiger partial charge in [-0.1, -0.05) is 41.9 Å². The van der Waals surface area contributed by atoms with E-state index in [4.69, 9.17) is 17.3 Å². The van der Waals surface area contributed by atoms with Crippen LogP contribution < -0.4 is 10.6 Å². The molecule has 0 spiro atoms. The van der Waals surface area contributed by atoms with Gasteiger partial charge >= 0.3 is 0 Å². The van der Waals surface area contributed by atoms with Gasteiger partial charge in [0.25, 0.3) is 0 Å². The number of halogens is 1. The lowest BCUT2D eigenvalue weighted by Crippen LogP contribution is -2.26. The highest BCUT2D eigenvalue weighted by molar-refractivity contribution is 6.30. The predicted octanol–water partition coefficient (Wildman–Crippen LogP) is 3.57. The van der Waals surface area contributed by atoms with E-state index >= 15 is 0 Å². The van der Waals surface area contributed by atoms with Crippen LogP contribution in [-0.4, -0.2) is 13.1 Å². The van der Waals surface area contributed by atoms with Crippen molar-refractivity contribution in [3.8, 4) is 6.07 Å². The molecule has 0 unspecified atom stereocenters. The SMILES string of the molecule is N#Cc1cc(Cl)ccc1N(CCCN)Cc1ccccc1. The summed E-state index contributed by atoms with van der Waals surface area (Å²) in [6.45, 7) is 2.18. The maximum atomic E-state index is 9.32. The molecule has 108 valence electrons. The van der Waals surface area contributed by atoms with Gasteiger partial charge in [-0.3, -0.25) is 0 Å². The molecule has 0 aliphatic rings. The molecule has 0 radical (unpaired) electrons. The van der Waals surface area contributed by atoms with Crippen LogP contribution in [0.25, 0.3) is 0 Å². The topological polar surface area (TPSA) is 53.0 Å². The Labute approximate surface area is 130 Å². The third-order valence-electron chi connectivity index (χ3n) is 3.27. The van der Waals surface area contributed by atoms with Crippen LogP contribution in [0.4, 0.5) is 5.69 Å². The number of nitrogens with two attached hydrogens (primary N) is 1. The highest BCUT2D eigenvalue weighted by atomic mass is 35.5. The molecule has 0 saturated heterocycles. The standard InChI is InChI=1S/C17H18ClN3/c18-16-7-8-17(15(11-16)12-20)21(10-4-9-19)13-14-5-2-1-3-6-14/h1-3,5-8,11H,4,9-10,13,19H2. The van der Waals surface area contributed by atoms with Crippen molar-refractivity contribution in [2.75, 3.05) is 18.0 Å². The fourth-order valence-corrected chi connectivity index (χ4v) is 2.42. The van der Waals surface area contributed by atoms with Crippen molar-refractivity contribution >= 4 is 17.3 Å². The van der Waals surface area contributed by atoms with E-state index < -0.39 is 0 Å². The Morgan fingerprint density at radius 1 is 1.14 bits per heavy atom. The summed E-state index contributed by atoms with van der Waals surface area (Å²) in [5.41, 5.74) is 8.33. The number of rotatable bonds is 6. The molecule has 0 heterocycles. The van der Waals surface area contributed by atoms with E-state index in [2.05, 4.69) is 23.1 Å². The first-order valence-corrected chi connectivity index (χ1v) is 7.31. The van der Waals surface area contributed by atoms with Gasteiger partial charge in [-0.2, -0.15) is 5.26 Å². The summed E-state index contributed by atoms with van der Waals surface area (Å²) in [7, 11) is 0. The normalized spacial score (nSPS) is 10.1. The monoisotopic (exact) mass is 299 g/mol. The van der Waals surface area contributed by atoms with Crippen molar-refractivity contribution < 1.29 is 0 Å². The second-order valence-corrected chi connectivity index (χ2v) is 5.26. The van der Waals surface area contributed by atoms with Crippen LogP contribution in [-0.2, 0) is 6.54 Å². The van der Waals surface area contributed by atoms with Crippen molar-refractivity contribution in [3.63, 3.8) is 0 Å². The highest BCUT2D eigenvalue weighted by Crippen LogP contribution is 2.25. The molecule has 2 aromatic rings. The van der Waals surface area contributed by atoms with E-state index in [0.717, 1.165) is 25.2 Å². The maximum Gasteiger partial charge on any atom is 0.101 e. The summed E-state index contributed by atoms with van der Waals surface area (Å²) in [5.74, 6) is 0. The first-order chi connectivity index (χ1) is 10.2. The lowest BCUT2D eigenvalue weighted by molar-refractivity contribution is 0.735. The van der Waals surface area contributed by atoms with Crippen LogP contribution in [0.3, 0.4) is 0 Å². The van der Waals surface area contributed by atoms with Crippen LogP contribution in [0.1, 0.15) is 17.5 Å². The molecule has 3 nitrogen and oxygen atoms in total. The first kappa shape index (κ1) is 15.4. The molecule has 2 rings (SSSR count). The molecular formula is C17H18ClN3. The Kier molecular flexibility index (Phi) is 5.62. The van der Waals surface area contributed by atoms with Gasteiger partial charge in [0, 0.05) is 18.1 Å². The molecule has 0 atom stereocenters. The van der Waals surface area contributed by atoms with Crippen molar-refractivity contribution in [2.45, 2.75) is 13.0 Å². The molecule has 0 aliphatic heterocycles. The Hall–Kier alpha value is -2.02. The Morgan fingerprint density at radius 2 is 1.90 bits per heavy atom. The van der Waals surface area contributed by atoms with Crippen LogP contribution in [0.15, 0.2) is 48.5 Å². The number of nitriles is 1. The lowest BCUT2D eigenvalue weighted by atomic mass is 10.1. The van der Waals surface area contributed by atoms with Gasteiger partial charge in [0.2, 0.25) is 0 Å². The molecule has 0 bridgehead atoms. The molecule has 0 saturated carbocycles. The molecule has 0 amide bonds. The van der Waals surface area contributed by atoms with Crippen molar-refractivity contribution in [1.82, 2.24) is 0 Å². The van der Waals surface area contributed by atoms with E-state index in [-0.39, 0.29) is 0 Å². The van der Waals surface area contributed by atoms with Crippen LogP contribution >= 0.6 is 11.6 Å². The lowest BCUT2D eigenvalue weighted by Gasteiger charge is -2.26. The van der Waals surface area contributed by atoms with Gasteiger partial charge in [0.15, 0.2) is 0 Å². The van der Waals surface area contributed by atoms with E-state index in [1.165, 1.54) is 5.56 Å². The molecule has 21 heavy (non-hydrogen) atoms. The van der Waals surface area contributed by atoms with E-state index in [1.54, 1.807) is 6.07 Å². The van der Waals surface area contributed by atoms with Gasteiger partial charge in [-0.15, -0.1) is 0 Å². The quantitative estimate of drug-likeness (QED) is 0.887. The Balaban J connectivity index is 2.29. The van der Waals surface area contributed by atoms with Crippen LogP contribution in [0.2, 0.25) is 5.02 Å². The Morgan fingerprint density at radius 3 is 2.57 bits per heavy atom. The van der Waals surface area contributed by atoms with Gasteiger partial charge in [-0.25, -0.2) is 0 Å². The number of hydrogen-bond acceptors (Lipinski definition) is 3. The van der Waals surface area contributed by atoms with Crippen LogP contribution in [0, 0.1) is 11.3 Å². The summed E-state index contributed by atoms with van der Waals surface area (Å²) in [4.78, 5) is 2.18. The zero-order chi connectivity index (χ0) is 15.1. The number of hydrogen-bond donors (Lipinski definition) is 1. The third-order valence-corrected chi connectivity index (χ3v) is 3.50. The molecule has 2 aromatic carbocycles. The number of benzene rings is 2. The van der Waals surface area contributed by atoms with Crippen molar-refractivity contribution in [3.05, 3.63) is 64.7 Å². The smallest absolute Gasteiger partial charge is 0.101 e. The van der Waals surface area contributed by atoms with Gasteiger partial charge in [-0.05, 0) is 36.7 Å². The third kappa shape index (κ3) is 4.22. The average Bonchev–Trinajstić information content (AvgIpc) is 2.52. The summed E-state index contributed by atoms with van der Waals surface area (Å²) >= 11 is 5.98. The van der Waals surface area contributed by atoms with Gasteiger partial charge < -0.3 is 10.6 Å². The highest BCUT2D eigenvalue weighted by Gasteiger charge is 2.12. The van der Waals surface area contributed by atoms with E-state index in [0.29, 0.717) is 17.1 Å². The molecule has 4 heteroatoms. The summed E-state index contributed by atoms with van der Waals surface area (Å²) in [6.07, 6.45) is 0.875. The molecule has 2 N–H and O–H groups in total. The zero-order valence-electron chi connectivity index (χ0n) is 11.8. The minimum absolute atomic E-state index is 0.578. The van der Waals surface area contributed by atoms with E-state index in [9.17, 15) is 5.26 Å². The molecule has 0 aliphatic carbocycles. The zero-order valence-corrected chi connectivity index (χ0v) is 12.6. The largest absolute Gasteiger partial charge is 0.366 e. The van der Waals surface area contributed by atoms with Crippen molar-refractivity contribution in [2.24, 2.45) is 5.73 Å².